The van der Waals surface area contributed by atoms with Crippen molar-refractivity contribution < 1.29 is 18.0 Å². The van der Waals surface area contributed by atoms with Crippen molar-refractivity contribution in [1.82, 2.24) is 19.5 Å². The molecule has 8 nitrogen and oxygen atoms in total. The lowest BCUT2D eigenvalue weighted by Gasteiger charge is -2.39. The lowest BCUT2D eigenvalue weighted by atomic mass is 9.94. The Labute approximate surface area is 186 Å². The van der Waals surface area contributed by atoms with Crippen LogP contribution in [0.1, 0.15) is 24.4 Å². The highest BCUT2D eigenvalue weighted by molar-refractivity contribution is 7.89. The Morgan fingerprint density at radius 3 is 2.45 bits per heavy atom. The lowest BCUT2D eigenvalue weighted by molar-refractivity contribution is -0.147. The van der Waals surface area contributed by atoms with Crippen LogP contribution in [0.15, 0.2) is 53.6 Å². The number of piperidine rings is 1. The largest absolute Gasteiger partial charge is 0.352 e. The number of aromatic nitrogens is 1. The number of hydrogen-bond donors (Lipinski definition) is 1. The molecule has 31 heavy (non-hydrogen) atoms. The van der Waals surface area contributed by atoms with Crippen molar-refractivity contribution in [2.24, 2.45) is 5.92 Å². The zero-order valence-corrected chi connectivity index (χ0v) is 18.3. The molecule has 0 unspecified atom stereocenters. The second-order valence-corrected chi connectivity index (χ2v) is 9.87. The Hall–Kier alpha value is -2.49. The molecule has 0 aliphatic carbocycles. The minimum atomic E-state index is -3.78. The van der Waals surface area contributed by atoms with Gasteiger partial charge in [0.05, 0.1) is 0 Å². The Balaban J connectivity index is 1.48. The van der Waals surface area contributed by atoms with E-state index in [9.17, 15) is 18.0 Å². The first kappa shape index (κ1) is 21.7. The average Bonchev–Trinajstić information content (AvgIpc) is 2.79. The molecule has 1 aromatic heterocycles. The number of pyridine rings is 1. The average molecular weight is 463 g/mol. The molecular weight excluding hydrogens is 440 g/mol. The number of hydrogen-bond acceptors (Lipinski definition) is 5. The number of carbonyl (C=O) groups is 2. The fourth-order valence-corrected chi connectivity index (χ4v) is 6.05. The highest BCUT2D eigenvalue weighted by Crippen LogP contribution is 2.31. The van der Waals surface area contributed by atoms with Crippen molar-refractivity contribution >= 4 is 33.4 Å². The molecule has 0 radical (unpaired) electrons. The highest BCUT2D eigenvalue weighted by atomic mass is 35.5. The van der Waals surface area contributed by atoms with E-state index in [1.54, 1.807) is 4.90 Å². The van der Waals surface area contributed by atoms with Gasteiger partial charge < -0.3 is 10.2 Å². The Morgan fingerprint density at radius 1 is 1.06 bits per heavy atom. The Kier molecular flexibility index (Phi) is 6.27. The van der Waals surface area contributed by atoms with Gasteiger partial charge in [-0.15, -0.1) is 0 Å². The molecule has 4 rings (SSSR count). The van der Waals surface area contributed by atoms with Crippen LogP contribution in [-0.2, 0) is 19.6 Å². The van der Waals surface area contributed by atoms with Crippen molar-refractivity contribution in [3.8, 4) is 0 Å². The molecule has 1 aromatic carbocycles. The molecule has 0 spiro atoms. The topological polar surface area (TPSA) is 99.7 Å². The van der Waals surface area contributed by atoms with Crippen LogP contribution in [-0.4, -0.2) is 60.6 Å². The summed E-state index contributed by atoms with van der Waals surface area (Å²) in [7, 11) is -3.78. The minimum Gasteiger partial charge on any atom is -0.352 e. The van der Waals surface area contributed by atoms with E-state index < -0.39 is 16.1 Å². The lowest BCUT2D eigenvalue weighted by Crippen LogP contribution is -2.54. The predicted octanol–water partition coefficient (Wildman–Crippen LogP) is 1.84. The van der Waals surface area contributed by atoms with Crippen LogP contribution in [0.4, 0.5) is 0 Å². The van der Waals surface area contributed by atoms with Crippen LogP contribution < -0.4 is 5.32 Å². The van der Waals surface area contributed by atoms with Gasteiger partial charge in [0.2, 0.25) is 21.8 Å². The van der Waals surface area contributed by atoms with Crippen molar-refractivity contribution in [3.63, 3.8) is 0 Å². The van der Waals surface area contributed by atoms with Crippen molar-refractivity contribution in [2.45, 2.75) is 23.8 Å². The molecule has 2 fully saturated rings. The zero-order valence-electron chi connectivity index (χ0n) is 16.8. The summed E-state index contributed by atoms with van der Waals surface area (Å²) in [5, 5.41) is 2.77. The van der Waals surface area contributed by atoms with Crippen LogP contribution in [0.2, 0.25) is 5.15 Å². The smallest absolute Gasteiger partial charge is 0.247 e. The van der Waals surface area contributed by atoms with Gasteiger partial charge >= 0.3 is 0 Å². The molecule has 2 aliphatic rings. The summed E-state index contributed by atoms with van der Waals surface area (Å²) in [5.41, 5.74) is 0.763. The van der Waals surface area contributed by atoms with Crippen molar-refractivity contribution in [1.29, 1.82) is 0 Å². The molecule has 2 aromatic rings. The number of amides is 2. The third kappa shape index (κ3) is 4.30. The fraction of sp³-hybridized carbons (Fsp3) is 0.381. The first-order valence-corrected chi connectivity index (χ1v) is 11.9. The van der Waals surface area contributed by atoms with E-state index in [1.807, 2.05) is 30.3 Å². The van der Waals surface area contributed by atoms with Gasteiger partial charge in [0.25, 0.3) is 0 Å². The molecule has 1 atom stereocenters. The van der Waals surface area contributed by atoms with E-state index in [0.717, 1.165) is 5.56 Å². The zero-order chi connectivity index (χ0) is 22.0. The maximum Gasteiger partial charge on any atom is 0.247 e. The molecule has 2 aliphatic heterocycles. The van der Waals surface area contributed by atoms with E-state index in [-0.39, 0.29) is 40.9 Å². The van der Waals surface area contributed by atoms with E-state index in [4.69, 9.17) is 11.6 Å². The van der Waals surface area contributed by atoms with Crippen LogP contribution in [0.3, 0.4) is 0 Å². The van der Waals surface area contributed by atoms with E-state index in [1.165, 1.54) is 22.6 Å². The monoisotopic (exact) mass is 462 g/mol. The van der Waals surface area contributed by atoms with Gasteiger partial charge in [-0.05, 0) is 30.5 Å². The summed E-state index contributed by atoms with van der Waals surface area (Å²) in [4.78, 5) is 31.3. The van der Waals surface area contributed by atoms with Gasteiger partial charge in [0, 0.05) is 38.3 Å². The van der Waals surface area contributed by atoms with E-state index in [0.29, 0.717) is 25.9 Å². The molecule has 10 heteroatoms. The molecular formula is C21H23ClN4O4S. The van der Waals surface area contributed by atoms with E-state index >= 15 is 0 Å². The van der Waals surface area contributed by atoms with Crippen molar-refractivity contribution in [3.05, 3.63) is 59.4 Å². The van der Waals surface area contributed by atoms with E-state index in [2.05, 4.69) is 10.3 Å². The SMILES string of the molecule is O=C1NCCN(C(=O)C2CCN(S(=O)(=O)c3cccnc3Cl)CC2)[C@H]1c1ccccc1. The number of piperazine rings is 1. The Bertz CT molecular complexity index is 1070. The first-order valence-electron chi connectivity index (χ1n) is 10.1. The number of halogens is 1. The molecule has 2 amide bonds. The second-order valence-electron chi connectivity index (χ2n) is 7.61. The van der Waals surface area contributed by atoms with Crippen LogP contribution in [0.5, 0.6) is 0 Å². The molecule has 0 bridgehead atoms. The normalized spacial score (nSPS) is 21.0. The van der Waals surface area contributed by atoms with Gasteiger partial charge in [0.15, 0.2) is 0 Å². The molecule has 2 saturated heterocycles. The van der Waals surface area contributed by atoms with Gasteiger partial charge in [-0.25, -0.2) is 13.4 Å². The standard InChI is InChI=1S/C21H23ClN4O4S/c22-19-17(7-4-10-23-19)31(29,30)25-12-8-16(9-13-25)21(28)26-14-11-24-20(27)18(26)15-5-2-1-3-6-15/h1-7,10,16,18H,8-9,11-14H2,(H,24,27)/t18-/m0/s1. The number of sulfonamides is 1. The summed E-state index contributed by atoms with van der Waals surface area (Å²) in [6.07, 6.45) is 2.20. The molecule has 164 valence electrons. The quantitative estimate of drug-likeness (QED) is 0.699. The fourth-order valence-electron chi connectivity index (χ4n) is 4.15. The summed E-state index contributed by atoms with van der Waals surface area (Å²) < 4.78 is 27.2. The van der Waals surface area contributed by atoms with Crippen LogP contribution in [0.25, 0.3) is 0 Å². The van der Waals surface area contributed by atoms with Crippen molar-refractivity contribution in [2.75, 3.05) is 26.2 Å². The predicted molar refractivity (Wildman–Crippen MR) is 115 cm³/mol. The second kappa shape index (κ2) is 8.94. The van der Waals surface area contributed by atoms with Gasteiger partial charge in [-0.3, -0.25) is 9.59 Å². The van der Waals surface area contributed by atoms with Gasteiger partial charge in [0.1, 0.15) is 16.1 Å². The number of carbonyl (C=O) groups excluding carboxylic acids is 2. The third-order valence-corrected chi connectivity index (χ3v) is 8.10. The minimum absolute atomic E-state index is 0.0294. The Morgan fingerprint density at radius 2 is 1.77 bits per heavy atom. The summed E-state index contributed by atoms with van der Waals surface area (Å²) >= 11 is 5.98. The van der Waals surface area contributed by atoms with Gasteiger partial charge in [-0.2, -0.15) is 4.31 Å². The number of rotatable bonds is 4. The number of nitrogens with zero attached hydrogens (tertiary/aromatic N) is 3. The van der Waals surface area contributed by atoms with Crippen LogP contribution in [0, 0.1) is 5.92 Å². The first-order chi connectivity index (χ1) is 14.9. The third-order valence-electron chi connectivity index (χ3n) is 5.76. The highest BCUT2D eigenvalue weighted by Gasteiger charge is 2.39. The maximum absolute atomic E-state index is 13.3. The number of benzene rings is 1. The van der Waals surface area contributed by atoms with Crippen LogP contribution >= 0.6 is 11.6 Å². The van der Waals surface area contributed by atoms with Gasteiger partial charge in [-0.1, -0.05) is 41.9 Å². The summed E-state index contributed by atoms with van der Waals surface area (Å²) in [6, 6.07) is 11.5. The summed E-state index contributed by atoms with van der Waals surface area (Å²) in [5.74, 6) is -0.648. The maximum atomic E-state index is 13.3. The molecule has 0 saturated carbocycles. The molecule has 1 N–H and O–H groups in total. The summed E-state index contributed by atoms with van der Waals surface area (Å²) in [6.45, 7) is 1.24. The number of nitrogens with one attached hydrogen (secondary N) is 1. The molecule has 3 heterocycles.